The second-order valence-electron chi connectivity index (χ2n) is 11.7. The molecule has 1 amide bonds. The van der Waals surface area contributed by atoms with E-state index in [2.05, 4.69) is 69.9 Å². The number of carbonyl (C=O) groups is 1. The standard InChI is InChI=1S/C40H35N3O4S/c44-25-27-14-16-29(17-15-27)38-22-32(26-48-33-9-2-1-3-10-33)46-40(47-38)30-20-18-28(19-21-30)34-11-5-4-8-31(34)23-42-39(45)37-24-41-35-12-6-7-13-36(35)43-37/h1-21,24,32,38,40,44H,22-23,25-26H2,(H,42,45). The van der Waals surface area contributed by atoms with Crippen LogP contribution in [0.5, 0.6) is 0 Å². The van der Waals surface area contributed by atoms with Crippen LogP contribution >= 0.6 is 11.8 Å². The number of amides is 1. The summed E-state index contributed by atoms with van der Waals surface area (Å²) >= 11 is 1.78. The lowest BCUT2D eigenvalue weighted by atomic mass is 9.97. The summed E-state index contributed by atoms with van der Waals surface area (Å²) in [6.45, 7) is 0.354. The molecule has 8 heteroatoms. The number of thioether (sulfide) groups is 1. The molecule has 3 unspecified atom stereocenters. The van der Waals surface area contributed by atoms with Crippen LogP contribution in [-0.2, 0) is 22.6 Å². The van der Waals surface area contributed by atoms with Gasteiger partial charge in [-0.15, -0.1) is 11.8 Å². The van der Waals surface area contributed by atoms with Crippen molar-refractivity contribution in [3.05, 3.63) is 162 Å². The molecule has 5 aromatic carbocycles. The largest absolute Gasteiger partial charge is 0.392 e. The van der Waals surface area contributed by atoms with Crippen LogP contribution in [0.2, 0.25) is 0 Å². The molecule has 7 nitrogen and oxygen atoms in total. The number of rotatable bonds is 10. The third-order valence-electron chi connectivity index (χ3n) is 8.43. The second kappa shape index (κ2) is 14.9. The minimum absolute atomic E-state index is 0.00880. The maximum atomic E-state index is 13.0. The molecule has 7 rings (SSSR count). The normalized spacial score (nSPS) is 17.6. The summed E-state index contributed by atoms with van der Waals surface area (Å²) < 4.78 is 13.1. The summed E-state index contributed by atoms with van der Waals surface area (Å²) in [5.74, 6) is 0.530. The van der Waals surface area contributed by atoms with Gasteiger partial charge in [-0.1, -0.05) is 103 Å². The SMILES string of the molecule is O=C(NCc1ccccc1-c1ccc(C2OC(CSc3ccccc3)CC(c3ccc(CO)cc3)O2)cc1)c1cnc2ccccc2n1. The van der Waals surface area contributed by atoms with E-state index in [1.165, 1.54) is 11.1 Å². The molecule has 3 atom stereocenters. The number of benzene rings is 5. The molecule has 1 aromatic heterocycles. The van der Waals surface area contributed by atoms with Crippen molar-refractivity contribution in [2.24, 2.45) is 0 Å². The van der Waals surface area contributed by atoms with Gasteiger partial charge in [-0.25, -0.2) is 4.98 Å². The predicted octanol–water partition coefficient (Wildman–Crippen LogP) is 8.06. The van der Waals surface area contributed by atoms with Gasteiger partial charge in [0.2, 0.25) is 0 Å². The maximum absolute atomic E-state index is 13.0. The molecular formula is C40H35N3O4S. The monoisotopic (exact) mass is 653 g/mol. The summed E-state index contributed by atoms with van der Waals surface area (Å²) in [5.41, 5.74) is 7.63. The van der Waals surface area contributed by atoms with E-state index in [0.717, 1.165) is 51.1 Å². The summed E-state index contributed by atoms with van der Waals surface area (Å²) in [6.07, 6.45) is 1.55. The Morgan fingerprint density at radius 2 is 1.50 bits per heavy atom. The van der Waals surface area contributed by atoms with Gasteiger partial charge in [-0.2, -0.15) is 0 Å². The predicted molar refractivity (Wildman–Crippen MR) is 188 cm³/mol. The first-order valence-corrected chi connectivity index (χ1v) is 17.0. The van der Waals surface area contributed by atoms with Crippen LogP contribution in [0.4, 0.5) is 0 Å². The van der Waals surface area contributed by atoms with Gasteiger partial charge in [-0.3, -0.25) is 9.78 Å². The molecule has 0 spiro atoms. The van der Waals surface area contributed by atoms with Crippen molar-refractivity contribution in [1.29, 1.82) is 0 Å². The van der Waals surface area contributed by atoms with Gasteiger partial charge in [-0.05, 0) is 52.1 Å². The number of nitrogens with one attached hydrogen (secondary N) is 1. The highest BCUT2D eigenvalue weighted by molar-refractivity contribution is 7.99. The number of hydrogen-bond acceptors (Lipinski definition) is 7. The molecule has 0 aliphatic carbocycles. The highest BCUT2D eigenvalue weighted by Crippen LogP contribution is 2.40. The zero-order chi connectivity index (χ0) is 32.7. The van der Waals surface area contributed by atoms with Gasteiger partial charge in [0.25, 0.3) is 5.91 Å². The lowest BCUT2D eigenvalue weighted by Crippen LogP contribution is -2.31. The number of ether oxygens (including phenoxy) is 2. The van der Waals surface area contributed by atoms with E-state index in [1.807, 2.05) is 72.8 Å². The lowest BCUT2D eigenvalue weighted by Gasteiger charge is -2.36. The van der Waals surface area contributed by atoms with Crippen LogP contribution in [0.15, 0.2) is 138 Å². The quantitative estimate of drug-likeness (QED) is 0.145. The fraction of sp³-hybridized carbons (Fsp3) is 0.175. The Bertz CT molecular complexity index is 1990. The van der Waals surface area contributed by atoms with Crippen molar-refractivity contribution in [1.82, 2.24) is 15.3 Å². The van der Waals surface area contributed by atoms with Crippen LogP contribution in [0.3, 0.4) is 0 Å². The van der Waals surface area contributed by atoms with E-state index >= 15 is 0 Å². The first-order valence-electron chi connectivity index (χ1n) is 16.0. The first kappa shape index (κ1) is 31.7. The first-order chi connectivity index (χ1) is 23.6. The number of fused-ring (bicyclic) bond motifs is 1. The van der Waals surface area contributed by atoms with Crippen molar-refractivity contribution in [2.45, 2.75) is 43.0 Å². The molecule has 0 saturated carbocycles. The van der Waals surface area contributed by atoms with Gasteiger partial charge < -0.3 is 19.9 Å². The smallest absolute Gasteiger partial charge is 0.271 e. The van der Waals surface area contributed by atoms with E-state index in [-0.39, 0.29) is 30.4 Å². The molecular weight excluding hydrogens is 619 g/mol. The van der Waals surface area contributed by atoms with Crippen molar-refractivity contribution in [3.8, 4) is 11.1 Å². The van der Waals surface area contributed by atoms with Crippen LogP contribution in [-0.4, -0.2) is 32.8 Å². The third-order valence-corrected chi connectivity index (χ3v) is 9.57. The highest BCUT2D eigenvalue weighted by Gasteiger charge is 2.32. The second-order valence-corrected chi connectivity index (χ2v) is 12.8. The molecule has 48 heavy (non-hydrogen) atoms. The molecule has 0 bridgehead atoms. The fourth-order valence-electron chi connectivity index (χ4n) is 5.84. The average Bonchev–Trinajstić information content (AvgIpc) is 3.16. The van der Waals surface area contributed by atoms with Crippen molar-refractivity contribution >= 4 is 28.7 Å². The molecule has 1 fully saturated rings. The van der Waals surface area contributed by atoms with Gasteiger partial charge in [0.1, 0.15) is 5.69 Å². The summed E-state index contributed by atoms with van der Waals surface area (Å²) in [6, 6.07) is 42.1. The zero-order valence-electron chi connectivity index (χ0n) is 26.2. The number of para-hydroxylation sites is 2. The molecule has 6 aromatic rings. The van der Waals surface area contributed by atoms with E-state index in [4.69, 9.17) is 9.47 Å². The van der Waals surface area contributed by atoms with Gasteiger partial charge in [0.15, 0.2) is 6.29 Å². The summed E-state index contributed by atoms with van der Waals surface area (Å²) in [5, 5.41) is 12.5. The van der Waals surface area contributed by atoms with Crippen LogP contribution in [0.25, 0.3) is 22.2 Å². The fourth-order valence-corrected chi connectivity index (χ4v) is 6.78. The number of aromatic nitrogens is 2. The van der Waals surface area contributed by atoms with Gasteiger partial charge in [0, 0.05) is 29.2 Å². The minimum atomic E-state index is -0.533. The number of hydrogen-bond donors (Lipinski definition) is 2. The molecule has 0 radical (unpaired) electrons. The molecule has 2 heterocycles. The third kappa shape index (κ3) is 7.48. The zero-order valence-corrected chi connectivity index (χ0v) is 27.1. The Balaban J connectivity index is 1.07. The molecule has 1 saturated heterocycles. The van der Waals surface area contributed by atoms with Crippen LogP contribution in [0, 0.1) is 0 Å². The Labute approximate surface area is 284 Å². The molecule has 240 valence electrons. The Morgan fingerprint density at radius 1 is 0.792 bits per heavy atom. The molecule has 1 aliphatic rings. The average molecular weight is 654 g/mol. The number of carbonyl (C=O) groups excluding carboxylic acids is 1. The number of nitrogens with zero attached hydrogens (tertiary/aromatic N) is 2. The van der Waals surface area contributed by atoms with Gasteiger partial charge in [0.05, 0.1) is 36.0 Å². The van der Waals surface area contributed by atoms with Crippen molar-refractivity contribution in [2.75, 3.05) is 5.75 Å². The van der Waals surface area contributed by atoms with Gasteiger partial charge >= 0.3 is 0 Å². The number of aliphatic hydroxyl groups is 1. The Morgan fingerprint density at radius 3 is 2.29 bits per heavy atom. The topological polar surface area (TPSA) is 93.6 Å². The van der Waals surface area contributed by atoms with E-state index in [0.29, 0.717) is 12.1 Å². The minimum Gasteiger partial charge on any atom is -0.392 e. The highest BCUT2D eigenvalue weighted by atomic mass is 32.2. The van der Waals surface area contributed by atoms with Crippen molar-refractivity contribution in [3.63, 3.8) is 0 Å². The van der Waals surface area contributed by atoms with E-state index in [9.17, 15) is 9.90 Å². The molecule has 2 N–H and O–H groups in total. The van der Waals surface area contributed by atoms with Crippen LogP contribution < -0.4 is 5.32 Å². The lowest BCUT2D eigenvalue weighted by molar-refractivity contribution is -0.245. The molecule has 1 aliphatic heterocycles. The van der Waals surface area contributed by atoms with E-state index < -0.39 is 6.29 Å². The summed E-state index contributed by atoms with van der Waals surface area (Å²) in [4.78, 5) is 23.0. The van der Waals surface area contributed by atoms with Crippen LogP contribution in [0.1, 0.15) is 51.6 Å². The number of aliphatic hydroxyl groups excluding tert-OH is 1. The summed E-state index contributed by atoms with van der Waals surface area (Å²) in [7, 11) is 0. The van der Waals surface area contributed by atoms with Crippen molar-refractivity contribution < 1.29 is 19.4 Å². The van der Waals surface area contributed by atoms with E-state index in [1.54, 1.807) is 11.8 Å². The Hall–Kier alpha value is -4.86. The maximum Gasteiger partial charge on any atom is 0.271 e. The Kier molecular flexibility index (Phi) is 9.86.